The van der Waals surface area contributed by atoms with Gasteiger partial charge in [-0.3, -0.25) is 13.8 Å². The van der Waals surface area contributed by atoms with Crippen LogP contribution in [0.15, 0.2) is 60.8 Å². The van der Waals surface area contributed by atoms with Gasteiger partial charge in [-0.2, -0.15) is 0 Å². The summed E-state index contributed by atoms with van der Waals surface area (Å²) in [5.74, 6) is -0.204. The molecule has 9 heteroatoms. The van der Waals surface area contributed by atoms with Gasteiger partial charge >= 0.3 is 7.82 Å². The van der Waals surface area contributed by atoms with E-state index in [9.17, 15) is 19.4 Å². The minimum atomic E-state index is -4.36. The Morgan fingerprint density at radius 1 is 0.557 bits per heavy atom. The first kappa shape index (κ1) is 59.2. The Hall–Kier alpha value is -1.80. The minimum Gasteiger partial charge on any atom is -0.387 e. The van der Waals surface area contributed by atoms with Gasteiger partial charge in [0, 0.05) is 6.42 Å². The second-order valence-corrected chi connectivity index (χ2v) is 19.7. The number of phosphoric acid groups is 1. The van der Waals surface area contributed by atoms with Gasteiger partial charge in [-0.25, -0.2) is 4.57 Å². The van der Waals surface area contributed by atoms with Gasteiger partial charge < -0.3 is 19.8 Å². The number of carbonyl (C=O) groups is 1. The van der Waals surface area contributed by atoms with Gasteiger partial charge in [0.25, 0.3) is 0 Å². The first-order chi connectivity index (χ1) is 29.5. The number of aliphatic hydroxyl groups is 1. The van der Waals surface area contributed by atoms with E-state index in [0.29, 0.717) is 17.4 Å². The number of phosphoric ester groups is 1. The molecule has 356 valence electrons. The second-order valence-electron chi connectivity index (χ2n) is 18.2. The lowest BCUT2D eigenvalue weighted by Crippen LogP contribution is -2.45. The first-order valence-corrected chi connectivity index (χ1v) is 26.7. The molecule has 3 N–H and O–H groups in total. The van der Waals surface area contributed by atoms with Crippen LogP contribution < -0.4 is 5.32 Å². The van der Waals surface area contributed by atoms with Crippen LogP contribution in [0.1, 0.15) is 213 Å². The third kappa shape index (κ3) is 46.0. The summed E-state index contributed by atoms with van der Waals surface area (Å²) in [5.41, 5.74) is 0. The van der Waals surface area contributed by atoms with Crippen LogP contribution in [0.4, 0.5) is 0 Å². The van der Waals surface area contributed by atoms with E-state index in [-0.39, 0.29) is 19.1 Å². The summed E-state index contributed by atoms with van der Waals surface area (Å²) in [6, 6.07) is -0.877. The zero-order chi connectivity index (χ0) is 45.0. The van der Waals surface area contributed by atoms with Crippen LogP contribution in [0, 0.1) is 0 Å². The summed E-state index contributed by atoms with van der Waals surface area (Å²) in [4.78, 5) is 23.2. The molecule has 0 aliphatic carbocycles. The topological polar surface area (TPSA) is 105 Å². The van der Waals surface area contributed by atoms with Gasteiger partial charge in [0.1, 0.15) is 13.2 Å². The highest BCUT2D eigenvalue weighted by Crippen LogP contribution is 2.43. The van der Waals surface area contributed by atoms with Crippen LogP contribution in [0.3, 0.4) is 0 Å². The number of allylic oxidation sites excluding steroid dienone is 9. The molecule has 0 aromatic carbocycles. The number of carbonyl (C=O) groups excluding carboxylic acids is 1. The van der Waals surface area contributed by atoms with Crippen molar-refractivity contribution in [3.63, 3.8) is 0 Å². The lowest BCUT2D eigenvalue weighted by molar-refractivity contribution is -0.870. The third-order valence-corrected chi connectivity index (χ3v) is 11.9. The Kier molecular flexibility index (Phi) is 42.2. The summed E-state index contributed by atoms with van der Waals surface area (Å²) in [6.45, 7) is 4.75. The number of rotatable bonds is 45. The van der Waals surface area contributed by atoms with Gasteiger partial charge in [-0.15, -0.1) is 0 Å². The molecule has 0 rings (SSSR count). The predicted molar refractivity (Wildman–Crippen MR) is 263 cm³/mol. The summed E-state index contributed by atoms with van der Waals surface area (Å²) in [7, 11) is 1.53. The van der Waals surface area contributed by atoms with Gasteiger partial charge in [-0.1, -0.05) is 197 Å². The number of nitrogens with one attached hydrogen (secondary N) is 1. The zero-order valence-corrected chi connectivity index (χ0v) is 41.3. The summed E-state index contributed by atoms with van der Waals surface area (Å²) < 4.78 is 23.6. The van der Waals surface area contributed by atoms with E-state index < -0.39 is 20.0 Å². The number of unbranched alkanes of at least 4 members (excludes halogenated alkanes) is 25. The second kappa shape index (κ2) is 43.5. The van der Waals surface area contributed by atoms with Crippen molar-refractivity contribution in [2.24, 2.45) is 0 Å². The molecule has 0 aromatic heterocycles. The molecule has 0 bridgehead atoms. The van der Waals surface area contributed by atoms with E-state index in [2.05, 4.69) is 67.8 Å². The highest BCUT2D eigenvalue weighted by molar-refractivity contribution is 7.47. The average Bonchev–Trinajstić information content (AvgIpc) is 3.21. The standard InChI is InChI=1S/C52H97N2O6P/c1-6-8-10-12-14-16-18-20-22-23-24-25-26-27-28-29-30-32-33-35-37-39-41-43-45-51(55)50(49-60-61(57,58)59-48-47-54(3,4)5)53-52(56)46-44-42-40-38-36-34-31-21-19-17-15-13-11-9-7-2/h15,17,19,21,29-30,35,37,43,45,50-51,55H,6-14,16,18,20,22-28,31-34,36,38-42,44,46-49H2,1-5H3,(H-,53,56,57,58)/p+1/b17-15-,21-19-,30-29+,37-35+,45-43+. The first-order valence-electron chi connectivity index (χ1n) is 25.2. The lowest BCUT2D eigenvalue weighted by Gasteiger charge is -2.25. The molecule has 3 unspecified atom stereocenters. The quantitative estimate of drug-likeness (QED) is 0.0185. The van der Waals surface area contributed by atoms with Crippen LogP contribution in [0.2, 0.25) is 0 Å². The predicted octanol–water partition coefficient (Wildman–Crippen LogP) is 14.6. The summed E-state index contributed by atoms with van der Waals surface area (Å²) in [5, 5.41) is 13.8. The average molecular weight is 878 g/mol. The Morgan fingerprint density at radius 2 is 0.951 bits per heavy atom. The number of hydrogen-bond donors (Lipinski definition) is 3. The van der Waals surface area contributed by atoms with Crippen LogP contribution in [0.25, 0.3) is 0 Å². The van der Waals surface area contributed by atoms with Crippen molar-refractivity contribution in [2.45, 2.75) is 225 Å². The highest BCUT2D eigenvalue weighted by atomic mass is 31.2. The van der Waals surface area contributed by atoms with Gasteiger partial charge in [-0.05, 0) is 70.6 Å². The van der Waals surface area contributed by atoms with E-state index in [1.807, 2.05) is 27.2 Å². The molecule has 0 aliphatic rings. The molecule has 0 saturated carbocycles. The normalized spacial score (nSPS) is 14.7. The molecule has 0 heterocycles. The molecule has 61 heavy (non-hydrogen) atoms. The van der Waals surface area contributed by atoms with E-state index in [1.165, 1.54) is 128 Å². The fourth-order valence-corrected chi connectivity index (χ4v) is 7.68. The van der Waals surface area contributed by atoms with E-state index >= 15 is 0 Å². The molecule has 8 nitrogen and oxygen atoms in total. The number of likely N-dealkylation sites (N-methyl/N-ethyl adjacent to an activating group) is 1. The molecule has 0 radical (unpaired) electrons. The fraction of sp³-hybridized carbons (Fsp3) is 0.788. The third-order valence-electron chi connectivity index (χ3n) is 11.0. The van der Waals surface area contributed by atoms with Crippen molar-refractivity contribution in [3.8, 4) is 0 Å². The van der Waals surface area contributed by atoms with Crippen molar-refractivity contribution >= 4 is 13.7 Å². The van der Waals surface area contributed by atoms with E-state index in [4.69, 9.17) is 9.05 Å². The van der Waals surface area contributed by atoms with Crippen molar-refractivity contribution in [1.29, 1.82) is 0 Å². The van der Waals surface area contributed by atoms with Gasteiger partial charge in [0.15, 0.2) is 0 Å². The summed E-state index contributed by atoms with van der Waals surface area (Å²) >= 11 is 0. The smallest absolute Gasteiger partial charge is 0.387 e. The highest BCUT2D eigenvalue weighted by Gasteiger charge is 2.27. The number of amides is 1. The monoisotopic (exact) mass is 878 g/mol. The van der Waals surface area contributed by atoms with Crippen molar-refractivity contribution in [3.05, 3.63) is 60.8 Å². The minimum absolute atomic E-state index is 0.0489. The Morgan fingerprint density at radius 3 is 1.44 bits per heavy atom. The van der Waals surface area contributed by atoms with Gasteiger partial charge in [0.2, 0.25) is 5.91 Å². The molecule has 0 aromatic rings. The lowest BCUT2D eigenvalue weighted by atomic mass is 10.0. The number of aliphatic hydroxyl groups excluding tert-OH is 1. The molecule has 0 spiro atoms. The van der Waals surface area contributed by atoms with Crippen molar-refractivity contribution in [1.82, 2.24) is 5.32 Å². The Bertz CT molecular complexity index is 1180. The Labute approximate surface area is 377 Å². The Balaban J connectivity index is 4.40. The molecule has 0 saturated heterocycles. The largest absolute Gasteiger partial charge is 0.472 e. The van der Waals surface area contributed by atoms with Crippen LogP contribution in [0.5, 0.6) is 0 Å². The van der Waals surface area contributed by atoms with Gasteiger partial charge in [0.05, 0.1) is 39.9 Å². The maximum atomic E-state index is 12.9. The number of nitrogens with zero attached hydrogens (tertiary/aromatic N) is 1. The number of quaternary nitrogens is 1. The molecule has 0 aliphatic heterocycles. The zero-order valence-electron chi connectivity index (χ0n) is 40.4. The number of hydrogen-bond acceptors (Lipinski definition) is 5. The van der Waals surface area contributed by atoms with Crippen LogP contribution >= 0.6 is 7.82 Å². The molecule has 0 fully saturated rings. The molecular weight excluding hydrogens is 780 g/mol. The molecular formula is C52H98N2O6P+. The van der Waals surface area contributed by atoms with Crippen molar-refractivity contribution in [2.75, 3.05) is 40.9 Å². The maximum absolute atomic E-state index is 12.9. The summed E-state index contributed by atoms with van der Waals surface area (Å²) in [6.07, 6.45) is 57.4. The maximum Gasteiger partial charge on any atom is 0.472 e. The van der Waals surface area contributed by atoms with Crippen molar-refractivity contribution < 1.29 is 32.9 Å². The molecule has 1 amide bonds. The molecule has 3 atom stereocenters. The van der Waals surface area contributed by atoms with Crippen LogP contribution in [-0.4, -0.2) is 73.4 Å². The fourth-order valence-electron chi connectivity index (χ4n) is 6.95. The van der Waals surface area contributed by atoms with E-state index in [1.54, 1.807) is 6.08 Å². The SMILES string of the molecule is CCCCC/C=C\C=C/CCCCCCCCC(=O)NC(COP(=O)(O)OCC[N+](C)(C)C)C(O)/C=C/CC/C=C/CC/C=C/CCCCCCCCCCCCCCCC. The van der Waals surface area contributed by atoms with E-state index in [0.717, 1.165) is 64.2 Å². The van der Waals surface area contributed by atoms with Crippen LogP contribution in [-0.2, 0) is 18.4 Å².